The summed E-state index contributed by atoms with van der Waals surface area (Å²) < 4.78 is 14.5. The van der Waals surface area contributed by atoms with Crippen LogP contribution in [0.1, 0.15) is 24.1 Å². The van der Waals surface area contributed by atoms with Gasteiger partial charge in [0.05, 0.1) is 0 Å². The molecular weight excluding hydrogens is 369 g/mol. The highest BCUT2D eigenvalue weighted by Gasteiger charge is 2.33. The molecule has 0 aliphatic carbocycles. The van der Waals surface area contributed by atoms with Crippen LogP contribution in [0.15, 0.2) is 35.1 Å². The first-order chi connectivity index (χ1) is 13.0. The molecule has 4 rings (SSSR count). The standard InChI is InChI=1S/C18H18FN5O2S/c1-11-8-15(25)24-17(21-11)27-18(22-24)23-7-3-6-14(23)16(26)20-10-12-4-2-5-13(19)9-12/h2,4-5,8-9,14H,3,6-7,10H2,1H3,(H,20,26). The van der Waals surface area contributed by atoms with Gasteiger partial charge >= 0.3 is 0 Å². The third-order valence-corrected chi connectivity index (χ3v) is 5.46. The zero-order valence-corrected chi connectivity index (χ0v) is 15.5. The Morgan fingerprint density at radius 1 is 1.41 bits per heavy atom. The number of halogens is 1. The number of hydrogen-bond acceptors (Lipinski definition) is 6. The maximum atomic E-state index is 13.3. The molecule has 1 aliphatic heterocycles. The van der Waals surface area contributed by atoms with Crippen molar-refractivity contribution in [1.29, 1.82) is 0 Å². The van der Waals surface area contributed by atoms with Crippen LogP contribution < -0.4 is 15.8 Å². The van der Waals surface area contributed by atoms with Crippen molar-refractivity contribution >= 4 is 27.3 Å². The van der Waals surface area contributed by atoms with E-state index in [1.807, 2.05) is 4.90 Å². The van der Waals surface area contributed by atoms with E-state index in [0.29, 0.717) is 34.3 Å². The van der Waals surface area contributed by atoms with Crippen LogP contribution in [-0.4, -0.2) is 33.1 Å². The van der Waals surface area contributed by atoms with E-state index in [1.54, 1.807) is 19.1 Å². The average molecular weight is 387 g/mol. The lowest BCUT2D eigenvalue weighted by Gasteiger charge is -2.22. The van der Waals surface area contributed by atoms with Gasteiger partial charge in [0.15, 0.2) is 0 Å². The third-order valence-electron chi connectivity index (χ3n) is 4.52. The van der Waals surface area contributed by atoms with E-state index in [1.165, 1.54) is 34.1 Å². The van der Waals surface area contributed by atoms with E-state index in [0.717, 1.165) is 6.42 Å². The van der Waals surface area contributed by atoms with Crippen molar-refractivity contribution in [2.45, 2.75) is 32.4 Å². The van der Waals surface area contributed by atoms with Crippen LogP contribution in [0.4, 0.5) is 9.52 Å². The molecule has 1 aromatic carbocycles. The number of nitrogens with zero attached hydrogens (tertiary/aromatic N) is 4. The van der Waals surface area contributed by atoms with Crippen LogP contribution in [0.25, 0.3) is 4.96 Å². The number of hydrogen-bond donors (Lipinski definition) is 1. The fourth-order valence-corrected chi connectivity index (χ4v) is 4.28. The summed E-state index contributed by atoms with van der Waals surface area (Å²) in [4.78, 5) is 31.5. The number of carbonyl (C=O) groups is 1. The zero-order chi connectivity index (χ0) is 19.0. The fraction of sp³-hybridized carbons (Fsp3) is 0.333. The zero-order valence-electron chi connectivity index (χ0n) is 14.7. The minimum absolute atomic E-state index is 0.132. The molecule has 1 fully saturated rings. The van der Waals surface area contributed by atoms with Gasteiger partial charge in [-0.05, 0) is 37.5 Å². The van der Waals surface area contributed by atoms with Crippen molar-refractivity contribution in [2.24, 2.45) is 0 Å². The van der Waals surface area contributed by atoms with E-state index in [9.17, 15) is 14.0 Å². The number of aryl methyl sites for hydroxylation is 1. The number of anilines is 1. The highest BCUT2D eigenvalue weighted by Crippen LogP contribution is 2.29. The van der Waals surface area contributed by atoms with Crippen LogP contribution in [0, 0.1) is 12.7 Å². The van der Waals surface area contributed by atoms with Gasteiger partial charge in [0.25, 0.3) is 5.56 Å². The molecule has 7 nitrogen and oxygen atoms in total. The fourth-order valence-electron chi connectivity index (χ4n) is 3.25. The molecule has 1 N–H and O–H groups in total. The average Bonchev–Trinajstić information content (AvgIpc) is 3.26. The summed E-state index contributed by atoms with van der Waals surface area (Å²) in [5.74, 6) is -0.459. The number of rotatable bonds is 4. The summed E-state index contributed by atoms with van der Waals surface area (Å²) in [6.07, 6.45) is 1.56. The van der Waals surface area contributed by atoms with Crippen molar-refractivity contribution in [3.05, 3.63) is 57.8 Å². The van der Waals surface area contributed by atoms with Gasteiger partial charge in [-0.2, -0.15) is 4.52 Å². The maximum absolute atomic E-state index is 13.3. The molecule has 3 aromatic rings. The molecule has 0 radical (unpaired) electrons. The van der Waals surface area contributed by atoms with Crippen LogP contribution in [0.3, 0.4) is 0 Å². The van der Waals surface area contributed by atoms with Gasteiger partial charge in [0.1, 0.15) is 11.9 Å². The smallest absolute Gasteiger partial charge is 0.275 e. The Hall–Kier alpha value is -2.81. The lowest BCUT2D eigenvalue weighted by molar-refractivity contribution is -0.122. The van der Waals surface area contributed by atoms with Crippen LogP contribution in [0.5, 0.6) is 0 Å². The highest BCUT2D eigenvalue weighted by atomic mass is 32.1. The first kappa shape index (κ1) is 17.6. The van der Waals surface area contributed by atoms with Crippen molar-refractivity contribution < 1.29 is 9.18 Å². The molecule has 1 aliphatic rings. The predicted octanol–water partition coefficient (Wildman–Crippen LogP) is 1.88. The number of carbonyl (C=O) groups excluding carboxylic acids is 1. The Morgan fingerprint density at radius 2 is 2.26 bits per heavy atom. The lowest BCUT2D eigenvalue weighted by Crippen LogP contribution is -2.43. The van der Waals surface area contributed by atoms with Gasteiger partial charge in [-0.3, -0.25) is 9.59 Å². The molecule has 140 valence electrons. The molecule has 27 heavy (non-hydrogen) atoms. The summed E-state index contributed by atoms with van der Waals surface area (Å²) in [5.41, 5.74) is 1.12. The topological polar surface area (TPSA) is 79.6 Å². The second-order valence-electron chi connectivity index (χ2n) is 6.51. The Kier molecular flexibility index (Phi) is 4.61. The number of benzene rings is 1. The molecule has 3 heterocycles. The van der Waals surface area contributed by atoms with Crippen molar-refractivity contribution in [3.63, 3.8) is 0 Å². The minimum Gasteiger partial charge on any atom is -0.350 e. The lowest BCUT2D eigenvalue weighted by atomic mass is 10.2. The van der Waals surface area contributed by atoms with Crippen LogP contribution in [-0.2, 0) is 11.3 Å². The monoisotopic (exact) mass is 387 g/mol. The first-order valence-electron chi connectivity index (χ1n) is 8.67. The third kappa shape index (κ3) is 3.55. The second kappa shape index (κ2) is 7.07. The number of amides is 1. The van der Waals surface area contributed by atoms with Crippen molar-refractivity contribution in [2.75, 3.05) is 11.4 Å². The number of aromatic nitrogens is 3. The summed E-state index contributed by atoms with van der Waals surface area (Å²) >= 11 is 1.30. The normalized spacial score (nSPS) is 16.8. The SMILES string of the molecule is Cc1cc(=O)n2nc(N3CCCC3C(=O)NCc3cccc(F)c3)sc2n1. The molecule has 0 bridgehead atoms. The van der Waals surface area contributed by atoms with Gasteiger partial charge in [0, 0.05) is 24.8 Å². The molecule has 1 atom stereocenters. The molecule has 1 saturated heterocycles. The van der Waals surface area contributed by atoms with Gasteiger partial charge in [-0.15, -0.1) is 5.10 Å². The second-order valence-corrected chi connectivity index (χ2v) is 7.45. The summed E-state index contributed by atoms with van der Waals surface area (Å²) in [6, 6.07) is 7.23. The van der Waals surface area contributed by atoms with Gasteiger partial charge in [-0.1, -0.05) is 23.5 Å². The number of nitrogens with one attached hydrogen (secondary N) is 1. The molecule has 1 unspecified atom stereocenters. The summed E-state index contributed by atoms with van der Waals surface area (Å²) in [5, 5.41) is 7.83. The van der Waals surface area contributed by atoms with Gasteiger partial charge < -0.3 is 10.2 Å². The molecule has 9 heteroatoms. The summed E-state index contributed by atoms with van der Waals surface area (Å²) in [6.45, 7) is 2.71. The van der Waals surface area contributed by atoms with Gasteiger partial charge in [-0.25, -0.2) is 9.37 Å². The Balaban J connectivity index is 1.52. The van der Waals surface area contributed by atoms with E-state index in [-0.39, 0.29) is 29.9 Å². The summed E-state index contributed by atoms with van der Waals surface area (Å²) in [7, 11) is 0. The van der Waals surface area contributed by atoms with Crippen LogP contribution in [0.2, 0.25) is 0 Å². The predicted molar refractivity (Wildman–Crippen MR) is 100 cm³/mol. The molecule has 0 saturated carbocycles. The Labute approximate surface area is 158 Å². The van der Waals surface area contributed by atoms with E-state index >= 15 is 0 Å². The largest absolute Gasteiger partial charge is 0.350 e. The van der Waals surface area contributed by atoms with Gasteiger partial charge in [0.2, 0.25) is 16.0 Å². The van der Waals surface area contributed by atoms with Crippen LogP contribution >= 0.6 is 11.3 Å². The van der Waals surface area contributed by atoms with Crippen molar-refractivity contribution in [1.82, 2.24) is 19.9 Å². The first-order valence-corrected chi connectivity index (χ1v) is 9.49. The van der Waals surface area contributed by atoms with E-state index in [2.05, 4.69) is 15.4 Å². The minimum atomic E-state index is -0.365. The molecule has 1 amide bonds. The Morgan fingerprint density at radius 3 is 3.07 bits per heavy atom. The van der Waals surface area contributed by atoms with E-state index in [4.69, 9.17) is 0 Å². The number of fused-ring (bicyclic) bond motifs is 1. The molecular formula is C18H18FN5O2S. The van der Waals surface area contributed by atoms with E-state index < -0.39 is 0 Å². The highest BCUT2D eigenvalue weighted by molar-refractivity contribution is 7.20. The molecule has 0 spiro atoms. The van der Waals surface area contributed by atoms with Crippen molar-refractivity contribution in [3.8, 4) is 0 Å². The Bertz CT molecular complexity index is 1060. The quantitative estimate of drug-likeness (QED) is 0.740. The maximum Gasteiger partial charge on any atom is 0.275 e. The molecule has 2 aromatic heterocycles.